The van der Waals surface area contributed by atoms with Crippen molar-refractivity contribution in [3.05, 3.63) is 23.5 Å². The van der Waals surface area contributed by atoms with Crippen LogP contribution in [0.15, 0.2) is 12.1 Å². The number of hydrogen-bond donors (Lipinski definition) is 2. The molecule has 6 heteroatoms. The molecule has 0 spiro atoms. The van der Waals surface area contributed by atoms with Gasteiger partial charge in [0.2, 0.25) is 0 Å². The van der Waals surface area contributed by atoms with Gasteiger partial charge in [0.25, 0.3) is 5.91 Å². The molecule has 0 saturated heterocycles. The summed E-state index contributed by atoms with van der Waals surface area (Å²) in [7, 11) is 0. The highest BCUT2D eigenvalue weighted by Gasteiger charge is 2.19. The number of nitrogens with one attached hydrogen (secondary N) is 1. The largest absolute Gasteiger partial charge is 0.478 e. The third-order valence-electron chi connectivity index (χ3n) is 2.56. The van der Waals surface area contributed by atoms with E-state index in [9.17, 15) is 9.59 Å². The molecule has 1 aromatic heterocycles. The smallest absolute Gasteiger partial charge is 0.358 e. The maximum Gasteiger partial charge on any atom is 0.358 e. The number of aromatic nitrogens is 1. The van der Waals surface area contributed by atoms with Crippen molar-refractivity contribution in [1.82, 2.24) is 10.3 Å². The Hall–Kier alpha value is -2.11. The predicted molar refractivity (Wildman–Crippen MR) is 73.9 cm³/mol. The molecule has 20 heavy (non-hydrogen) atoms. The van der Waals surface area contributed by atoms with E-state index in [-0.39, 0.29) is 17.4 Å². The Morgan fingerprint density at radius 2 is 2.00 bits per heavy atom. The Kier molecular flexibility index (Phi) is 5.49. The van der Waals surface area contributed by atoms with Crippen LogP contribution >= 0.6 is 0 Å². The van der Waals surface area contributed by atoms with E-state index in [0.717, 1.165) is 0 Å². The van der Waals surface area contributed by atoms with E-state index in [1.165, 1.54) is 6.07 Å². The van der Waals surface area contributed by atoms with Crippen molar-refractivity contribution < 1.29 is 19.4 Å². The average Bonchev–Trinajstić information content (AvgIpc) is 2.37. The number of ether oxygens (including phenoxy) is 1. The summed E-state index contributed by atoms with van der Waals surface area (Å²) < 4.78 is 5.40. The van der Waals surface area contributed by atoms with Crippen molar-refractivity contribution >= 4 is 11.9 Å². The molecule has 1 unspecified atom stereocenters. The van der Waals surface area contributed by atoms with Crippen molar-refractivity contribution in [2.75, 3.05) is 6.54 Å². The molecule has 1 aromatic rings. The van der Waals surface area contributed by atoms with Crippen molar-refractivity contribution in [2.24, 2.45) is 5.92 Å². The fourth-order valence-electron chi connectivity index (χ4n) is 1.48. The fraction of sp³-hybridized carbons (Fsp3) is 0.500. The third kappa shape index (κ3) is 4.53. The Labute approximate surface area is 118 Å². The van der Waals surface area contributed by atoms with Crippen LogP contribution in [0, 0.1) is 12.8 Å². The van der Waals surface area contributed by atoms with Crippen LogP contribution in [-0.4, -0.2) is 34.6 Å². The maximum atomic E-state index is 11.8. The van der Waals surface area contributed by atoms with E-state index in [0.29, 0.717) is 18.2 Å². The minimum absolute atomic E-state index is 0.0929. The Bertz CT molecular complexity index is 500. The lowest BCUT2D eigenvalue weighted by atomic mass is 10.2. The second-order valence-corrected chi connectivity index (χ2v) is 5.00. The first kappa shape index (κ1) is 15.9. The van der Waals surface area contributed by atoms with Crippen molar-refractivity contribution in [3.63, 3.8) is 0 Å². The molecule has 2 N–H and O–H groups in total. The zero-order valence-corrected chi connectivity index (χ0v) is 12.1. The van der Waals surface area contributed by atoms with Crippen LogP contribution in [0.2, 0.25) is 0 Å². The van der Waals surface area contributed by atoms with Crippen LogP contribution in [0.5, 0.6) is 5.75 Å². The number of carbonyl (C=O) groups is 2. The summed E-state index contributed by atoms with van der Waals surface area (Å²) in [5, 5.41) is 11.8. The van der Waals surface area contributed by atoms with Crippen molar-refractivity contribution in [2.45, 2.75) is 33.8 Å². The first-order valence-electron chi connectivity index (χ1n) is 6.46. The molecular formula is C14H20N2O4. The number of amides is 1. The lowest BCUT2D eigenvalue weighted by Gasteiger charge is -2.16. The standard InChI is InChI=1S/C14H20N2O4/c1-8(2)7-15-13(17)10(4)20-11-6-5-9(3)16-12(11)14(18)19/h5-6,8,10H,7H2,1-4H3,(H,15,17)(H,18,19). The minimum atomic E-state index is -1.18. The highest BCUT2D eigenvalue weighted by Crippen LogP contribution is 2.18. The Balaban J connectivity index is 2.77. The molecule has 0 fully saturated rings. The first-order valence-corrected chi connectivity index (χ1v) is 6.46. The molecule has 0 radical (unpaired) electrons. The highest BCUT2D eigenvalue weighted by molar-refractivity contribution is 5.89. The number of pyridine rings is 1. The number of aromatic carboxylic acids is 1. The minimum Gasteiger partial charge on any atom is -0.478 e. The van der Waals surface area contributed by atoms with Gasteiger partial charge in [-0.05, 0) is 31.9 Å². The molecule has 6 nitrogen and oxygen atoms in total. The molecule has 0 aliphatic heterocycles. The van der Waals surface area contributed by atoms with Crippen LogP contribution < -0.4 is 10.1 Å². The van der Waals surface area contributed by atoms with Gasteiger partial charge in [0.15, 0.2) is 17.5 Å². The number of carboxylic acids is 1. The van der Waals surface area contributed by atoms with Gasteiger partial charge in [-0.25, -0.2) is 9.78 Å². The molecule has 1 rings (SSSR count). The maximum absolute atomic E-state index is 11.8. The summed E-state index contributed by atoms with van der Waals surface area (Å²) in [6, 6.07) is 3.15. The summed E-state index contributed by atoms with van der Waals surface area (Å²) >= 11 is 0. The number of hydrogen-bond acceptors (Lipinski definition) is 4. The summed E-state index contributed by atoms with van der Waals surface area (Å²) in [5.74, 6) is -1.04. The quantitative estimate of drug-likeness (QED) is 0.826. The first-order chi connectivity index (χ1) is 9.31. The van der Waals surface area contributed by atoms with E-state index < -0.39 is 12.1 Å². The number of carboxylic acid groups (broad SMARTS) is 1. The summed E-state index contributed by atoms with van der Waals surface area (Å²) in [5.41, 5.74) is 0.389. The SMILES string of the molecule is Cc1ccc(OC(C)C(=O)NCC(C)C)c(C(=O)O)n1. The van der Waals surface area contributed by atoms with E-state index in [1.807, 2.05) is 13.8 Å². The molecular weight excluding hydrogens is 260 g/mol. The van der Waals surface area contributed by atoms with Crippen LogP contribution in [0.1, 0.15) is 37.0 Å². The number of aryl methyl sites for hydroxylation is 1. The van der Waals surface area contributed by atoms with Gasteiger partial charge >= 0.3 is 5.97 Å². The summed E-state index contributed by atoms with van der Waals surface area (Å²) in [6.07, 6.45) is -0.781. The normalized spacial score (nSPS) is 12.1. The van der Waals surface area contributed by atoms with Gasteiger partial charge in [0.05, 0.1) is 0 Å². The number of rotatable bonds is 6. The molecule has 0 aromatic carbocycles. The van der Waals surface area contributed by atoms with Crippen molar-refractivity contribution in [1.29, 1.82) is 0 Å². The van der Waals surface area contributed by atoms with Gasteiger partial charge in [0, 0.05) is 12.2 Å². The molecule has 0 bridgehead atoms. The van der Waals surface area contributed by atoms with E-state index in [2.05, 4.69) is 10.3 Å². The number of carbonyl (C=O) groups excluding carboxylic acids is 1. The van der Waals surface area contributed by atoms with Gasteiger partial charge in [-0.2, -0.15) is 0 Å². The Morgan fingerprint density at radius 1 is 1.35 bits per heavy atom. The van der Waals surface area contributed by atoms with Crippen LogP contribution in [0.3, 0.4) is 0 Å². The van der Waals surface area contributed by atoms with Gasteiger partial charge in [-0.15, -0.1) is 0 Å². The van der Waals surface area contributed by atoms with Gasteiger partial charge in [0.1, 0.15) is 0 Å². The Morgan fingerprint density at radius 3 is 2.55 bits per heavy atom. The third-order valence-corrected chi connectivity index (χ3v) is 2.56. The second kappa shape index (κ2) is 6.88. The van der Waals surface area contributed by atoms with Crippen LogP contribution in [0.25, 0.3) is 0 Å². The molecule has 1 heterocycles. The van der Waals surface area contributed by atoms with Gasteiger partial charge in [-0.1, -0.05) is 13.8 Å². The molecule has 1 amide bonds. The molecule has 0 aliphatic carbocycles. The molecule has 0 saturated carbocycles. The lowest BCUT2D eigenvalue weighted by Crippen LogP contribution is -2.38. The van der Waals surface area contributed by atoms with Crippen LogP contribution in [-0.2, 0) is 4.79 Å². The van der Waals surface area contributed by atoms with Gasteiger partial charge in [-0.3, -0.25) is 4.79 Å². The van der Waals surface area contributed by atoms with E-state index in [1.54, 1.807) is 19.9 Å². The molecule has 0 aliphatic rings. The van der Waals surface area contributed by atoms with Gasteiger partial charge < -0.3 is 15.2 Å². The number of nitrogens with zero attached hydrogens (tertiary/aromatic N) is 1. The molecule has 110 valence electrons. The van der Waals surface area contributed by atoms with E-state index in [4.69, 9.17) is 9.84 Å². The summed E-state index contributed by atoms with van der Waals surface area (Å²) in [4.78, 5) is 26.8. The lowest BCUT2D eigenvalue weighted by molar-refractivity contribution is -0.127. The fourth-order valence-corrected chi connectivity index (χ4v) is 1.48. The second-order valence-electron chi connectivity index (χ2n) is 5.00. The zero-order chi connectivity index (χ0) is 15.3. The zero-order valence-electron chi connectivity index (χ0n) is 12.1. The average molecular weight is 280 g/mol. The topological polar surface area (TPSA) is 88.5 Å². The predicted octanol–water partition coefficient (Wildman–Crippen LogP) is 1.63. The van der Waals surface area contributed by atoms with Crippen LogP contribution in [0.4, 0.5) is 0 Å². The van der Waals surface area contributed by atoms with Crippen molar-refractivity contribution in [3.8, 4) is 5.75 Å². The molecule has 1 atom stereocenters. The highest BCUT2D eigenvalue weighted by atomic mass is 16.5. The van der Waals surface area contributed by atoms with E-state index >= 15 is 0 Å². The monoisotopic (exact) mass is 280 g/mol. The summed E-state index contributed by atoms with van der Waals surface area (Å²) in [6.45, 7) is 7.77.